The Labute approximate surface area is 141 Å². The Hall–Kier alpha value is -0.310. The van der Waals surface area contributed by atoms with Crippen LogP contribution in [-0.4, -0.2) is 36.0 Å². The number of aryl methyl sites for hydroxylation is 1. The molecule has 2 aromatic rings. The van der Waals surface area contributed by atoms with Crippen LogP contribution >= 0.6 is 38.6 Å². The Balaban J connectivity index is 1.54. The lowest BCUT2D eigenvalue weighted by Gasteiger charge is -2.12. The van der Waals surface area contributed by atoms with Crippen molar-refractivity contribution in [3.05, 3.63) is 36.9 Å². The lowest BCUT2D eigenvalue weighted by Crippen LogP contribution is -2.30. The van der Waals surface area contributed by atoms with Crippen LogP contribution in [0.3, 0.4) is 0 Å². The number of thiophene rings is 1. The van der Waals surface area contributed by atoms with Crippen molar-refractivity contribution in [3.63, 3.8) is 0 Å². The maximum absolute atomic E-state index is 9.85. The Morgan fingerprint density at radius 2 is 2.29 bits per heavy atom. The van der Waals surface area contributed by atoms with Crippen LogP contribution in [0.2, 0.25) is 0 Å². The van der Waals surface area contributed by atoms with Crippen LogP contribution in [0.4, 0.5) is 0 Å². The molecule has 1 unspecified atom stereocenters. The van der Waals surface area contributed by atoms with Crippen molar-refractivity contribution < 1.29 is 9.84 Å². The standard InChI is InChI=1S/C14H19BrN2O2S2/c1-10-13(21-9-17-10)2-4-19-8-11(18)6-16-7-14-12(15)3-5-20-14/h3,5,9,11,16,18H,2,4,6-8H2,1H3. The summed E-state index contributed by atoms with van der Waals surface area (Å²) >= 11 is 6.84. The molecule has 0 bridgehead atoms. The molecule has 4 nitrogen and oxygen atoms in total. The van der Waals surface area contributed by atoms with Gasteiger partial charge in [-0.25, -0.2) is 4.98 Å². The van der Waals surface area contributed by atoms with E-state index < -0.39 is 6.10 Å². The molecule has 0 saturated carbocycles. The molecule has 0 aliphatic carbocycles. The molecule has 0 amide bonds. The molecule has 0 radical (unpaired) electrons. The number of aliphatic hydroxyl groups is 1. The fourth-order valence-electron chi connectivity index (χ4n) is 1.81. The second-order valence-electron chi connectivity index (χ2n) is 4.66. The van der Waals surface area contributed by atoms with E-state index in [4.69, 9.17) is 4.74 Å². The van der Waals surface area contributed by atoms with Gasteiger partial charge in [0.25, 0.3) is 0 Å². The first-order chi connectivity index (χ1) is 10.2. The molecule has 21 heavy (non-hydrogen) atoms. The molecule has 2 aromatic heterocycles. The highest BCUT2D eigenvalue weighted by Crippen LogP contribution is 2.22. The van der Waals surface area contributed by atoms with Gasteiger partial charge in [-0.15, -0.1) is 22.7 Å². The topological polar surface area (TPSA) is 54.4 Å². The zero-order valence-corrected chi connectivity index (χ0v) is 15.1. The summed E-state index contributed by atoms with van der Waals surface area (Å²) in [5.41, 5.74) is 2.93. The number of thiazole rings is 1. The van der Waals surface area contributed by atoms with Gasteiger partial charge in [0.15, 0.2) is 0 Å². The molecule has 1 atom stereocenters. The summed E-state index contributed by atoms with van der Waals surface area (Å²) in [5.74, 6) is 0. The molecule has 7 heteroatoms. The van der Waals surface area contributed by atoms with E-state index in [9.17, 15) is 5.11 Å². The maximum atomic E-state index is 9.85. The van der Waals surface area contributed by atoms with Gasteiger partial charge in [-0.1, -0.05) is 0 Å². The summed E-state index contributed by atoms with van der Waals surface area (Å²) in [4.78, 5) is 6.70. The van der Waals surface area contributed by atoms with Gasteiger partial charge >= 0.3 is 0 Å². The highest BCUT2D eigenvalue weighted by atomic mass is 79.9. The quantitative estimate of drug-likeness (QED) is 0.646. The van der Waals surface area contributed by atoms with Gasteiger partial charge in [-0.3, -0.25) is 0 Å². The Morgan fingerprint density at radius 1 is 1.43 bits per heavy atom. The van der Waals surface area contributed by atoms with Gasteiger partial charge in [0, 0.05) is 33.7 Å². The summed E-state index contributed by atoms with van der Waals surface area (Å²) in [6.45, 7) is 4.28. The van der Waals surface area contributed by atoms with E-state index in [0.29, 0.717) is 19.8 Å². The van der Waals surface area contributed by atoms with Crippen LogP contribution in [0, 0.1) is 6.92 Å². The highest BCUT2D eigenvalue weighted by molar-refractivity contribution is 9.10. The molecule has 0 aliphatic heterocycles. The first-order valence-corrected chi connectivity index (χ1v) is 9.29. The number of ether oxygens (including phenoxy) is 1. The third-order valence-electron chi connectivity index (χ3n) is 2.99. The number of aliphatic hydroxyl groups excluding tert-OH is 1. The number of rotatable bonds is 9. The first-order valence-electron chi connectivity index (χ1n) is 6.74. The van der Waals surface area contributed by atoms with Crippen molar-refractivity contribution in [3.8, 4) is 0 Å². The van der Waals surface area contributed by atoms with Crippen LogP contribution in [-0.2, 0) is 17.7 Å². The summed E-state index contributed by atoms with van der Waals surface area (Å²) in [6.07, 6.45) is 0.380. The molecule has 2 heterocycles. The normalized spacial score (nSPS) is 12.7. The third-order valence-corrected chi connectivity index (χ3v) is 5.91. The van der Waals surface area contributed by atoms with Gasteiger partial charge in [-0.2, -0.15) is 0 Å². The van der Waals surface area contributed by atoms with Crippen molar-refractivity contribution in [2.24, 2.45) is 0 Å². The SMILES string of the molecule is Cc1ncsc1CCOCC(O)CNCc1sccc1Br. The Kier molecular flexibility index (Phi) is 7.28. The highest BCUT2D eigenvalue weighted by Gasteiger charge is 2.07. The van der Waals surface area contributed by atoms with E-state index in [2.05, 4.69) is 26.2 Å². The molecule has 0 fully saturated rings. The van der Waals surface area contributed by atoms with Gasteiger partial charge in [0.05, 0.1) is 30.5 Å². The van der Waals surface area contributed by atoms with E-state index in [0.717, 1.165) is 23.1 Å². The smallest absolute Gasteiger partial charge is 0.0897 e. The van der Waals surface area contributed by atoms with Crippen molar-refractivity contribution >= 4 is 38.6 Å². The lowest BCUT2D eigenvalue weighted by atomic mass is 10.3. The van der Waals surface area contributed by atoms with Crippen molar-refractivity contribution in [2.45, 2.75) is 26.0 Å². The van der Waals surface area contributed by atoms with E-state index in [1.807, 2.05) is 23.9 Å². The van der Waals surface area contributed by atoms with Crippen molar-refractivity contribution in [2.75, 3.05) is 19.8 Å². The molecule has 0 spiro atoms. The molecule has 2 N–H and O–H groups in total. The fourth-order valence-corrected chi connectivity index (χ4v) is 4.04. The fraction of sp³-hybridized carbons (Fsp3) is 0.500. The molecular formula is C14H19BrN2O2S2. The molecule has 0 aliphatic rings. The molecule has 2 rings (SSSR count). The number of hydrogen-bond donors (Lipinski definition) is 2. The number of hydrogen-bond acceptors (Lipinski definition) is 6. The third kappa shape index (κ3) is 5.77. The van der Waals surface area contributed by atoms with Gasteiger partial charge < -0.3 is 15.2 Å². The zero-order chi connectivity index (χ0) is 15.1. The number of nitrogens with one attached hydrogen (secondary N) is 1. The maximum Gasteiger partial charge on any atom is 0.0897 e. The summed E-state index contributed by atoms with van der Waals surface area (Å²) in [5, 5.41) is 15.1. The second-order valence-corrected chi connectivity index (χ2v) is 7.46. The molecule has 116 valence electrons. The Bertz CT molecular complexity index is 545. The predicted octanol–water partition coefficient (Wildman–Crippen LogP) is 2.99. The average Bonchev–Trinajstić information content (AvgIpc) is 3.04. The minimum absolute atomic E-state index is 0.358. The summed E-state index contributed by atoms with van der Waals surface area (Å²) in [6, 6.07) is 2.03. The van der Waals surface area contributed by atoms with Crippen LogP contribution in [0.1, 0.15) is 15.4 Å². The second kappa shape index (κ2) is 8.97. The summed E-state index contributed by atoms with van der Waals surface area (Å²) < 4.78 is 6.63. The van der Waals surface area contributed by atoms with Crippen LogP contribution in [0.25, 0.3) is 0 Å². The minimum atomic E-state index is -0.480. The largest absolute Gasteiger partial charge is 0.389 e. The van der Waals surface area contributed by atoms with E-state index in [1.54, 1.807) is 22.7 Å². The molecule has 0 saturated heterocycles. The lowest BCUT2D eigenvalue weighted by molar-refractivity contribution is 0.0384. The number of aromatic nitrogens is 1. The van der Waals surface area contributed by atoms with Crippen molar-refractivity contribution in [1.29, 1.82) is 0 Å². The Morgan fingerprint density at radius 3 is 2.95 bits per heavy atom. The van der Waals surface area contributed by atoms with E-state index >= 15 is 0 Å². The molecular weight excluding hydrogens is 372 g/mol. The number of nitrogens with zero attached hydrogens (tertiary/aromatic N) is 1. The monoisotopic (exact) mass is 390 g/mol. The van der Waals surface area contributed by atoms with E-state index in [1.165, 1.54) is 9.75 Å². The van der Waals surface area contributed by atoms with Gasteiger partial charge in [0.1, 0.15) is 0 Å². The number of halogens is 1. The van der Waals surface area contributed by atoms with Crippen LogP contribution in [0.5, 0.6) is 0 Å². The molecule has 0 aromatic carbocycles. The van der Waals surface area contributed by atoms with Gasteiger partial charge in [0.2, 0.25) is 0 Å². The predicted molar refractivity (Wildman–Crippen MR) is 91.1 cm³/mol. The summed E-state index contributed by atoms with van der Waals surface area (Å²) in [7, 11) is 0. The zero-order valence-electron chi connectivity index (χ0n) is 11.8. The minimum Gasteiger partial charge on any atom is -0.389 e. The van der Waals surface area contributed by atoms with Gasteiger partial charge in [-0.05, 0) is 34.3 Å². The van der Waals surface area contributed by atoms with E-state index in [-0.39, 0.29) is 0 Å². The first kappa shape index (κ1) is 17.1. The van der Waals surface area contributed by atoms with Crippen LogP contribution < -0.4 is 5.32 Å². The van der Waals surface area contributed by atoms with Crippen LogP contribution in [0.15, 0.2) is 21.4 Å². The average molecular weight is 391 g/mol. The van der Waals surface area contributed by atoms with Crippen molar-refractivity contribution in [1.82, 2.24) is 10.3 Å².